The van der Waals surface area contributed by atoms with Crippen molar-refractivity contribution in [1.82, 2.24) is 10.2 Å². The maximum absolute atomic E-state index is 13.6. The molecule has 0 aliphatic carbocycles. The van der Waals surface area contributed by atoms with Crippen molar-refractivity contribution >= 4 is 11.8 Å². The van der Waals surface area contributed by atoms with Gasteiger partial charge in [-0.3, -0.25) is 9.59 Å². The molecule has 2 amide bonds. The summed E-state index contributed by atoms with van der Waals surface area (Å²) in [7, 11) is 0. The summed E-state index contributed by atoms with van der Waals surface area (Å²) in [6.07, 6.45) is 0. The number of nitrogens with zero attached hydrogens (tertiary/aromatic N) is 1. The fourth-order valence-electron chi connectivity index (χ4n) is 2.54. The Kier molecular flexibility index (Phi) is 3.16. The summed E-state index contributed by atoms with van der Waals surface area (Å²) in [4.78, 5) is 25.5. The molecule has 1 aromatic carbocycles. The summed E-state index contributed by atoms with van der Waals surface area (Å²) in [5.74, 6) is -2.01. The number of hydrogen-bond acceptors (Lipinski definition) is 3. The van der Waals surface area contributed by atoms with Crippen molar-refractivity contribution in [2.75, 3.05) is 13.1 Å². The molecule has 7 heteroatoms. The molecular formula is C15H14F2N2O3. The average molecular weight is 308 g/mol. The van der Waals surface area contributed by atoms with Gasteiger partial charge in [-0.15, -0.1) is 0 Å². The van der Waals surface area contributed by atoms with Crippen LogP contribution in [-0.2, 0) is 9.53 Å². The van der Waals surface area contributed by atoms with E-state index in [4.69, 9.17) is 4.74 Å². The van der Waals surface area contributed by atoms with Crippen molar-refractivity contribution in [2.45, 2.75) is 19.4 Å². The Morgan fingerprint density at radius 2 is 2.00 bits per heavy atom. The number of likely N-dealkylation sites (tertiary alicyclic amines) is 1. The highest BCUT2D eigenvalue weighted by Gasteiger charge is 2.55. The Balaban J connectivity index is 1.76. The minimum Gasteiger partial charge on any atom is -0.476 e. The standard InChI is InChI=1S/C15H14F2N2O3/c1-8-9(2)22-15(14(21)18-8)6-19(7-15)13(20)11-4-3-10(16)5-12(11)17/h3-5H,6-7H2,1-2H3,(H,18,21). The molecule has 0 saturated carbocycles. The van der Waals surface area contributed by atoms with Crippen LogP contribution >= 0.6 is 0 Å². The van der Waals surface area contributed by atoms with E-state index in [2.05, 4.69) is 5.32 Å². The van der Waals surface area contributed by atoms with E-state index in [9.17, 15) is 18.4 Å². The van der Waals surface area contributed by atoms with E-state index in [1.165, 1.54) is 4.90 Å². The van der Waals surface area contributed by atoms with Gasteiger partial charge < -0.3 is 15.0 Å². The number of rotatable bonds is 1. The van der Waals surface area contributed by atoms with Crippen LogP contribution in [0.3, 0.4) is 0 Å². The van der Waals surface area contributed by atoms with E-state index in [0.29, 0.717) is 17.5 Å². The van der Waals surface area contributed by atoms with E-state index in [-0.39, 0.29) is 24.6 Å². The first-order valence-electron chi connectivity index (χ1n) is 6.75. The molecule has 0 radical (unpaired) electrons. The van der Waals surface area contributed by atoms with Gasteiger partial charge in [-0.1, -0.05) is 0 Å². The quantitative estimate of drug-likeness (QED) is 0.856. The number of halogens is 2. The van der Waals surface area contributed by atoms with Gasteiger partial charge in [0.2, 0.25) is 5.60 Å². The third-order valence-corrected chi connectivity index (χ3v) is 3.93. The maximum atomic E-state index is 13.6. The second-order valence-electron chi connectivity index (χ2n) is 5.52. The number of amides is 2. The SMILES string of the molecule is CC1=C(C)OC2(CN(C(=O)c3ccc(F)cc3F)C2)C(=O)N1. The fourth-order valence-corrected chi connectivity index (χ4v) is 2.54. The van der Waals surface area contributed by atoms with E-state index >= 15 is 0 Å². The molecule has 116 valence electrons. The Morgan fingerprint density at radius 1 is 1.32 bits per heavy atom. The molecule has 1 aromatic rings. The first-order valence-corrected chi connectivity index (χ1v) is 6.75. The van der Waals surface area contributed by atoms with Gasteiger partial charge >= 0.3 is 0 Å². The second kappa shape index (κ2) is 4.79. The zero-order chi connectivity index (χ0) is 16.1. The molecule has 1 N–H and O–H groups in total. The number of carbonyl (C=O) groups is 2. The Labute approximate surface area is 125 Å². The van der Waals surface area contributed by atoms with Crippen LogP contribution in [0.1, 0.15) is 24.2 Å². The summed E-state index contributed by atoms with van der Waals surface area (Å²) >= 11 is 0. The van der Waals surface area contributed by atoms with Crippen molar-refractivity contribution in [3.63, 3.8) is 0 Å². The van der Waals surface area contributed by atoms with E-state index < -0.39 is 23.1 Å². The minimum atomic E-state index is -1.12. The maximum Gasteiger partial charge on any atom is 0.272 e. The normalized spacial score (nSPS) is 19.6. The van der Waals surface area contributed by atoms with Crippen molar-refractivity contribution in [3.8, 4) is 0 Å². The predicted molar refractivity (Wildman–Crippen MR) is 72.6 cm³/mol. The zero-order valence-corrected chi connectivity index (χ0v) is 12.1. The highest BCUT2D eigenvalue weighted by atomic mass is 19.1. The van der Waals surface area contributed by atoms with Crippen LogP contribution in [0, 0.1) is 11.6 Å². The highest BCUT2D eigenvalue weighted by molar-refractivity contribution is 5.98. The van der Waals surface area contributed by atoms with Crippen LogP contribution in [-0.4, -0.2) is 35.4 Å². The third kappa shape index (κ3) is 2.13. The molecule has 2 heterocycles. The summed E-state index contributed by atoms with van der Waals surface area (Å²) in [6.45, 7) is 3.49. The third-order valence-electron chi connectivity index (χ3n) is 3.93. The summed E-state index contributed by atoms with van der Waals surface area (Å²) < 4.78 is 32.1. The fraction of sp³-hybridized carbons (Fsp3) is 0.333. The summed E-state index contributed by atoms with van der Waals surface area (Å²) in [5, 5.41) is 2.69. The largest absolute Gasteiger partial charge is 0.476 e. The van der Waals surface area contributed by atoms with Crippen LogP contribution in [0.2, 0.25) is 0 Å². The monoisotopic (exact) mass is 308 g/mol. The van der Waals surface area contributed by atoms with E-state index in [1.54, 1.807) is 13.8 Å². The lowest BCUT2D eigenvalue weighted by atomic mass is 9.90. The lowest BCUT2D eigenvalue weighted by Crippen LogP contribution is -2.72. The number of nitrogens with one attached hydrogen (secondary N) is 1. The molecule has 0 atom stereocenters. The Bertz CT molecular complexity index is 709. The number of carbonyl (C=O) groups excluding carboxylic acids is 2. The van der Waals surface area contributed by atoms with E-state index in [1.807, 2.05) is 0 Å². The van der Waals surface area contributed by atoms with Gasteiger partial charge in [-0.25, -0.2) is 8.78 Å². The average Bonchev–Trinajstić information content (AvgIpc) is 2.40. The smallest absolute Gasteiger partial charge is 0.272 e. The van der Waals surface area contributed by atoms with Crippen LogP contribution in [0.4, 0.5) is 8.78 Å². The van der Waals surface area contributed by atoms with Gasteiger partial charge in [-0.2, -0.15) is 0 Å². The minimum absolute atomic E-state index is 0.0269. The Hall–Kier alpha value is -2.44. The molecule has 2 aliphatic rings. The van der Waals surface area contributed by atoms with Crippen LogP contribution in [0.25, 0.3) is 0 Å². The van der Waals surface area contributed by atoms with Gasteiger partial charge in [0.25, 0.3) is 11.8 Å². The molecule has 1 spiro atoms. The number of hydrogen-bond donors (Lipinski definition) is 1. The lowest BCUT2D eigenvalue weighted by molar-refractivity contribution is -0.162. The number of benzene rings is 1. The number of allylic oxidation sites excluding steroid dienone is 2. The second-order valence-corrected chi connectivity index (χ2v) is 5.52. The van der Waals surface area contributed by atoms with E-state index in [0.717, 1.165) is 12.1 Å². The molecule has 5 nitrogen and oxygen atoms in total. The molecular weight excluding hydrogens is 294 g/mol. The van der Waals surface area contributed by atoms with Crippen LogP contribution in [0.5, 0.6) is 0 Å². The summed E-state index contributed by atoms with van der Waals surface area (Å²) in [6, 6.07) is 2.77. The van der Waals surface area contributed by atoms with Crippen molar-refractivity contribution in [2.24, 2.45) is 0 Å². The van der Waals surface area contributed by atoms with Gasteiger partial charge in [-0.05, 0) is 26.0 Å². The molecule has 0 bridgehead atoms. The first-order chi connectivity index (χ1) is 10.3. The lowest BCUT2D eigenvalue weighted by Gasteiger charge is -2.50. The molecule has 1 fully saturated rings. The van der Waals surface area contributed by atoms with Crippen molar-refractivity contribution in [1.29, 1.82) is 0 Å². The van der Waals surface area contributed by atoms with Crippen LogP contribution in [0.15, 0.2) is 29.7 Å². The van der Waals surface area contributed by atoms with Gasteiger partial charge in [0.05, 0.1) is 24.4 Å². The van der Waals surface area contributed by atoms with Gasteiger partial charge in [0.1, 0.15) is 17.4 Å². The van der Waals surface area contributed by atoms with Gasteiger partial charge in [0, 0.05) is 6.07 Å². The Morgan fingerprint density at radius 3 is 2.64 bits per heavy atom. The molecule has 0 aromatic heterocycles. The zero-order valence-electron chi connectivity index (χ0n) is 12.1. The predicted octanol–water partition coefficient (Wildman–Crippen LogP) is 1.56. The summed E-state index contributed by atoms with van der Waals surface area (Å²) in [5.41, 5.74) is -0.712. The van der Waals surface area contributed by atoms with Crippen molar-refractivity contribution in [3.05, 3.63) is 46.9 Å². The molecule has 0 unspecified atom stereocenters. The molecule has 1 saturated heterocycles. The highest BCUT2D eigenvalue weighted by Crippen LogP contribution is 2.33. The van der Waals surface area contributed by atoms with Gasteiger partial charge in [0.15, 0.2) is 0 Å². The van der Waals surface area contributed by atoms with Crippen LogP contribution < -0.4 is 5.32 Å². The first kappa shape index (κ1) is 14.5. The topological polar surface area (TPSA) is 58.6 Å². The van der Waals surface area contributed by atoms with Crippen molar-refractivity contribution < 1.29 is 23.1 Å². The molecule has 2 aliphatic heterocycles. The number of ether oxygens (including phenoxy) is 1. The molecule has 22 heavy (non-hydrogen) atoms. The molecule has 3 rings (SSSR count).